The minimum atomic E-state index is -3.08. The van der Waals surface area contributed by atoms with Crippen LogP contribution in [0.1, 0.15) is 22.3 Å². The molecule has 0 spiro atoms. The van der Waals surface area contributed by atoms with Gasteiger partial charge in [-0.25, -0.2) is 13.2 Å². The fraction of sp³-hybridized carbons (Fsp3) is 0.429. The van der Waals surface area contributed by atoms with E-state index in [-0.39, 0.29) is 22.8 Å². The SMILES string of the molecule is Cc1ccc(C(=O)OCC(=O)N[C@H]2CCS(=O)(=O)C2)c(O)c1. The molecule has 0 saturated carbocycles. The standard InChI is InChI=1S/C14H17NO6S/c1-9-2-3-11(12(16)6-9)14(18)21-7-13(17)15-10-4-5-22(19,20)8-10/h2-3,6,10,16H,4-5,7-8H2,1H3,(H,15,17)/t10-/m0/s1. The number of phenols is 1. The summed E-state index contributed by atoms with van der Waals surface area (Å²) < 4.78 is 27.4. The zero-order valence-electron chi connectivity index (χ0n) is 12.0. The Hall–Kier alpha value is -2.09. The van der Waals surface area contributed by atoms with Gasteiger partial charge in [-0.05, 0) is 31.0 Å². The maximum Gasteiger partial charge on any atom is 0.342 e. The second-order valence-corrected chi connectivity index (χ2v) is 7.49. The van der Waals surface area contributed by atoms with Crippen LogP contribution in [0.15, 0.2) is 18.2 Å². The average Bonchev–Trinajstić information content (AvgIpc) is 2.75. The number of aromatic hydroxyl groups is 1. The maximum atomic E-state index is 11.8. The summed E-state index contributed by atoms with van der Waals surface area (Å²) in [4.78, 5) is 23.4. The van der Waals surface area contributed by atoms with Gasteiger partial charge < -0.3 is 15.2 Å². The Morgan fingerprint density at radius 1 is 1.41 bits per heavy atom. The van der Waals surface area contributed by atoms with Gasteiger partial charge in [0.2, 0.25) is 0 Å². The number of hydrogen-bond acceptors (Lipinski definition) is 6. The lowest BCUT2D eigenvalue weighted by molar-refractivity contribution is -0.124. The zero-order valence-corrected chi connectivity index (χ0v) is 12.9. The van der Waals surface area contributed by atoms with Crippen LogP contribution in [0.3, 0.4) is 0 Å². The number of hydrogen-bond donors (Lipinski definition) is 2. The Bertz CT molecular complexity index is 697. The first kappa shape index (κ1) is 16.3. The quantitative estimate of drug-likeness (QED) is 0.762. The van der Waals surface area contributed by atoms with Gasteiger partial charge in [-0.2, -0.15) is 0 Å². The smallest absolute Gasteiger partial charge is 0.342 e. The van der Waals surface area contributed by atoms with Gasteiger partial charge in [-0.3, -0.25) is 4.79 Å². The van der Waals surface area contributed by atoms with Gasteiger partial charge in [0.1, 0.15) is 11.3 Å². The number of phenolic OH excluding ortho intramolecular Hbond substituents is 1. The molecule has 0 aromatic heterocycles. The third-order valence-corrected chi connectivity index (χ3v) is 5.07. The number of carbonyl (C=O) groups is 2. The Balaban J connectivity index is 1.84. The molecule has 0 unspecified atom stereocenters. The molecule has 1 saturated heterocycles. The van der Waals surface area contributed by atoms with Gasteiger partial charge in [0.15, 0.2) is 16.4 Å². The molecule has 22 heavy (non-hydrogen) atoms. The fourth-order valence-corrected chi connectivity index (χ4v) is 3.87. The number of benzene rings is 1. The highest BCUT2D eigenvalue weighted by Gasteiger charge is 2.29. The molecule has 1 aromatic carbocycles. The summed E-state index contributed by atoms with van der Waals surface area (Å²) in [5.41, 5.74) is 0.760. The van der Waals surface area contributed by atoms with Crippen molar-refractivity contribution in [1.82, 2.24) is 5.32 Å². The number of ether oxygens (including phenoxy) is 1. The molecule has 7 nitrogen and oxygen atoms in total. The van der Waals surface area contributed by atoms with E-state index in [9.17, 15) is 23.1 Å². The third kappa shape index (κ3) is 4.20. The van der Waals surface area contributed by atoms with Gasteiger partial charge in [0, 0.05) is 6.04 Å². The summed E-state index contributed by atoms with van der Waals surface area (Å²) in [6.07, 6.45) is 0.362. The average molecular weight is 327 g/mol. The predicted molar refractivity (Wildman–Crippen MR) is 78.3 cm³/mol. The van der Waals surface area contributed by atoms with Gasteiger partial charge in [0.05, 0.1) is 11.5 Å². The van der Waals surface area contributed by atoms with Gasteiger partial charge in [-0.1, -0.05) is 6.07 Å². The summed E-state index contributed by atoms with van der Waals surface area (Å²) in [5, 5.41) is 12.2. The van der Waals surface area contributed by atoms with E-state index < -0.39 is 34.4 Å². The highest BCUT2D eigenvalue weighted by molar-refractivity contribution is 7.91. The predicted octanol–water partition coefficient (Wildman–Crippen LogP) is 0.161. The molecule has 1 fully saturated rings. The Labute approximate surface area is 128 Å². The largest absolute Gasteiger partial charge is 0.507 e. The Morgan fingerprint density at radius 3 is 2.73 bits per heavy atom. The first-order valence-corrected chi connectivity index (χ1v) is 8.55. The van der Waals surface area contributed by atoms with E-state index in [1.807, 2.05) is 0 Å². The zero-order chi connectivity index (χ0) is 16.3. The molecule has 1 heterocycles. The van der Waals surface area contributed by atoms with Crippen LogP contribution in [0.5, 0.6) is 5.75 Å². The minimum absolute atomic E-state index is 0.0261. The molecular formula is C14H17NO6S. The van der Waals surface area contributed by atoms with Gasteiger partial charge in [-0.15, -0.1) is 0 Å². The van der Waals surface area contributed by atoms with Crippen LogP contribution >= 0.6 is 0 Å². The van der Waals surface area contributed by atoms with Crippen molar-refractivity contribution in [3.05, 3.63) is 29.3 Å². The van der Waals surface area contributed by atoms with Crippen LogP contribution in [0.2, 0.25) is 0 Å². The van der Waals surface area contributed by atoms with Crippen LogP contribution in [0, 0.1) is 6.92 Å². The number of esters is 1. The molecule has 8 heteroatoms. The van der Waals surface area contributed by atoms with E-state index >= 15 is 0 Å². The van der Waals surface area contributed by atoms with Crippen molar-refractivity contribution in [2.45, 2.75) is 19.4 Å². The molecule has 1 aliphatic heterocycles. The molecule has 2 rings (SSSR count). The summed E-state index contributed by atoms with van der Waals surface area (Å²) in [6.45, 7) is 1.24. The third-order valence-electron chi connectivity index (χ3n) is 3.31. The van der Waals surface area contributed by atoms with Crippen LogP contribution in [0.25, 0.3) is 0 Å². The number of nitrogens with one attached hydrogen (secondary N) is 1. The van der Waals surface area contributed by atoms with Crippen molar-refractivity contribution in [3.8, 4) is 5.75 Å². The van der Waals surface area contributed by atoms with Crippen molar-refractivity contribution < 1.29 is 27.9 Å². The molecule has 1 aromatic rings. The minimum Gasteiger partial charge on any atom is -0.507 e. The topological polar surface area (TPSA) is 110 Å². The number of rotatable bonds is 4. The van der Waals surface area contributed by atoms with Gasteiger partial charge in [0.25, 0.3) is 5.91 Å². The van der Waals surface area contributed by atoms with Crippen molar-refractivity contribution in [1.29, 1.82) is 0 Å². The van der Waals surface area contributed by atoms with Crippen molar-refractivity contribution in [2.75, 3.05) is 18.1 Å². The molecule has 0 aliphatic carbocycles. The molecule has 1 atom stereocenters. The lowest BCUT2D eigenvalue weighted by atomic mass is 10.1. The monoisotopic (exact) mass is 327 g/mol. The molecule has 120 valence electrons. The van der Waals surface area contributed by atoms with Crippen molar-refractivity contribution in [2.24, 2.45) is 0 Å². The molecule has 1 amide bonds. The maximum absolute atomic E-state index is 11.8. The molecular weight excluding hydrogens is 310 g/mol. The lowest BCUT2D eigenvalue weighted by Crippen LogP contribution is -2.38. The van der Waals surface area contributed by atoms with Crippen molar-refractivity contribution in [3.63, 3.8) is 0 Å². The summed E-state index contributed by atoms with van der Waals surface area (Å²) in [7, 11) is -3.08. The van der Waals surface area contributed by atoms with Crippen LogP contribution in [-0.2, 0) is 19.4 Å². The highest BCUT2D eigenvalue weighted by atomic mass is 32.2. The highest BCUT2D eigenvalue weighted by Crippen LogP contribution is 2.19. The Kier molecular flexibility index (Phi) is 4.70. The van der Waals surface area contributed by atoms with E-state index in [0.29, 0.717) is 6.42 Å². The second-order valence-electron chi connectivity index (χ2n) is 5.26. The van der Waals surface area contributed by atoms with E-state index in [1.165, 1.54) is 12.1 Å². The second kappa shape index (κ2) is 6.35. The first-order chi connectivity index (χ1) is 10.3. The summed E-state index contributed by atoms with van der Waals surface area (Å²) in [5.74, 6) is -1.64. The van der Waals surface area contributed by atoms with E-state index in [1.54, 1.807) is 13.0 Å². The summed E-state index contributed by atoms with van der Waals surface area (Å²) in [6, 6.07) is 4.03. The van der Waals surface area contributed by atoms with E-state index in [0.717, 1.165) is 5.56 Å². The van der Waals surface area contributed by atoms with Crippen LogP contribution < -0.4 is 5.32 Å². The fourth-order valence-electron chi connectivity index (χ4n) is 2.20. The van der Waals surface area contributed by atoms with Crippen molar-refractivity contribution >= 4 is 21.7 Å². The normalized spacial score (nSPS) is 19.6. The number of carbonyl (C=O) groups excluding carboxylic acids is 2. The van der Waals surface area contributed by atoms with Gasteiger partial charge >= 0.3 is 5.97 Å². The van der Waals surface area contributed by atoms with E-state index in [4.69, 9.17) is 4.74 Å². The lowest BCUT2D eigenvalue weighted by Gasteiger charge is -2.11. The Morgan fingerprint density at radius 2 is 2.14 bits per heavy atom. The molecule has 1 aliphatic rings. The first-order valence-electron chi connectivity index (χ1n) is 6.73. The molecule has 0 radical (unpaired) electrons. The van der Waals surface area contributed by atoms with E-state index in [2.05, 4.69) is 5.32 Å². The number of sulfone groups is 1. The summed E-state index contributed by atoms with van der Waals surface area (Å²) >= 11 is 0. The number of amides is 1. The number of aryl methyl sites for hydroxylation is 1. The molecule has 2 N–H and O–H groups in total. The van der Waals surface area contributed by atoms with Crippen LogP contribution in [0.4, 0.5) is 0 Å². The van der Waals surface area contributed by atoms with Crippen LogP contribution in [-0.4, -0.2) is 49.6 Å². The molecule has 0 bridgehead atoms.